The second kappa shape index (κ2) is 5.15. The summed E-state index contributed by atoms with van der Waals surface area (Å²) >= 11 is 0. The highest BCUT2D eigenvalue weighted by molar-refractivity contribution is 5.94. The van der Waals surface area contributed by atoms with E-state index >= 15 is 0 Å². The molecule has 1 amide bonds. The Balaban J connectivity index is 1.83. The fourth-order valence-electron chi connectivity index (χ4n) is 2.16. The second-order valence-electron chi connectivity index (χ2n) is 4.45. The third-order valence-corrected chi connectivity index (χ3v) is 3.19. The molecule has 1 aliphatic rings. The first-order chi connectivity index (χ1) is 9.34. The molecule has 2 aromatic rings. The molecule has 2 heterocycles. The highest BCUT2D eigenvalue weighted by Crippen LogP contribution is 2.20. The third-order valence-electron chi connectivity index (χ3n) is 3.19. The van der Waals surface area contributed by atoms with Gasteiger partial charge in [-0.25, -0.2) is 0 Å². The Kier molecular flexibility index (Phi) is 3.20. The summed E-state index contributed by atoms with van der Waals surface area (Å²) in [5.74, 6) is 0.0625. The molecule has 1 saturated heterocycles. The van der Waals surface area contributed by atoms with Crippen LogP contribution in [0, 0.1) is 5.92 Å². The normalized spacial score (nSPS) is 18.4. The molecule has 1 fully saturated rings. The van der Waals surface area contributed by atoms with Crippen LogP contribution in [0.15, 0.2) is 30.6 Å². The van der Waals surface area contributed by atoms with Crippen LogP contribution in [0.25, 0.3) is 5.69 Å². The minimum absolute atomic E-state index is 0.0296. The number of rotatable bonds is 3. The van der Waals surface area contributed by atoms with Gasteiger partial charge in [0, 0.05) is 6.54 Å². The van der Waals surface area contributed by atoms with Crippen molar-refractivity contribution in [2.45, 2.75) is 6.42 Å². The number of hydrogen-bond donors (Lipinski definition) is 2. The minimum atomic E-state index is 0.0296. The highest BCUT2D eigenvalue weighted by Gasteiger charge is 2.23. The van der Waals surface area contributed by atoms with Gasteiger partial charge in [0.05, 0.1) is 17.3 Å². The van der Waals surface area contributed by atoms with E-state index in [1.165, 1.54) is 11.0 Å². The maximum absolute atomic E-state index is 12.1. The number of tetrazole rings is 1. The Bertz CT molecular complexity index is 561. The lowest BCUT2D eigenvalue weighted by Gasteiger charge is -2.12. The number of para-hydroxylation sites is 2. The van der Waals surface area contributed by atoms with Crippen LogP contribution in [-0.2, 0) is 4.79 Å². The molecule has 2 N–H and O–H groups in total. The maximum Gasteiger partial charge on any atom is 0.228 e. The van der Waals surface area contributed by atoms with Crippen molar-refractivity contribution in [3.8, 4) is 5.69 Å². The zero-order valence-electron chi connectivity index (χ0n) is 10.3. The van der Waals surface area contributed by atoms with E-state index in [1.807, 2.05) is 24.3 Å². The maximum atomic E-state index is 12.1. The van der Waals surface area contributed by atoms with Crippen LogP contribution in [0.3, 0.4) is 0 Å². The van der Waals surface area contributed by atoms with E-state index < -0.39 is 0 Å². The van der Waals surface area contributed by atoms with E-state index in [0.717, 1.165) is 25.2 Å². The van der Waals surface area contributed by atoms with Crippen molar-refractivity contribution in [2.75, 3.05) is 18.4 Å². The molecule has 1 aromatic carbocycles. The lowest BCUT2D eigenvalue weighted by atomic mass is 10.1. The van der Waals surface area contributed by atoms with Crippen molar-refractivity contribution < 1.29 is 4.79 Å². The van der Waals surface area contributed by atoms with Gasteiger partial charge < -0.3 is 10.6 Å². The molecule has 0 bridgehead atoms. The molecule has 7 heteroatoms. The SMILES string of the molecule is O=C(Nc1ccccc1-n1cnnn1)C1CCNC1. The predicted octanol–water partition coefficient (Wildman–Crippen LogP) is 0.210. The first-order valence-corrected chi connectivity index (χ1v) is 6.18. The number of benzene rings is 1. The summed E-state index contributed by atoms with van der Waals surface area (Å²) in [7, 11) is 0. The summed E-state index contributed by atoms with van der Waals surface area (Å²) in [6, 6.07) is 7.45. The Morgan fingerprint density at radius 2 is 2.32 bits per heavy atom. The van der Waals surface area contributed by atoms with Crippen LogP contribution < -0.4 is 10.6 Å². The Labute approximate surface area is 110 Å². The largest absolute Gasteiger partial charge is 0.324 e. The van der Waals surface area contributed by atoms with Gasteiger partial charge in [-0.3, -0.25) is 4.79 Å². The monoisotopic (exact) mass is 258 g/mol. The van der Waals surface area contributed by atoms with Gasteiger partial charge in [-0.2, -0.15) is 4.68 Å². The summed E-state index contributed by atoms with van der Waals surface area (Å²) in [6.45, 7) is 1.63. The molecule has 1 unspecified atom stereocenters. The van der Waals surface area contributed by atoms with Crippen LogP contribution in [0.5, 0.6) is 0 Å². The summed E-state index contributed by atoms with van der Waals surface area (Å²) in [5, 5.41) is 17.2. The lowest BCUT2D eigenvalue weighted by Crippen LogP contribution is -2.25. The average molecular weight is 258 g/mol. The minimum Gasteiger partial charge on any atom is -0.324 e. The van der Waals surface area contributed by atoms with Gasteiger partial charge in [0.25, 0.3) is 0 Å². The van der Waals surface area contributed by atoms with Gasteiger partial charge in [0.1, 0.15) is 6.33 Å². The van der Waals surface area contributed by atoms with Gasteiger partial charge in [-0.1, -0.05) is 12.1 Å². The number of nitrogens with zero attached hydrogens (tertiary/aromatic N) is 4. The average Bonchev–Trinajstić information content (AvgIpc) is 3.13. The lowest BCUT2D eigenvalue weighted by molar-refractivity contribution is -0.119. The van der Waals surface area contributed by atoms with Crippen molar-refractivity contribution in [1.29, 1.82) is 0 Å². The van der Waals surface area contributed by atoms with Gasteiger partial charge in [0.15, 0.2) is 0 Å². The van der Waals surface area contributed by atoms with Crippen molar-refractivity contribution in [2.24, 2.45) is 5.92 Å². The zero-order chi connectivity index (χ0) is 13.1. The molecule has 19 heavy (non-hydrogen) atoms. The number of carbonyl (C=O) groups excluding carboxylic acids is 1. The Morgan fingerprint density at radius 3 is 3.05 bits per heavy atom. The zero-order valence-corrected chi connectivity index (χ0v) is 10.3. The molecule has 0 aliphatic carbocycles. The first-order valence-electron chi connectivity index (χ1n) is 6.18. The summed E-state index contributed by atoms with van der Waals surface area (Å²) in [5.41, 5.74) is 1.47. The molecule has 1 aromatic heterocycles. The molecule has 1 atom stereocenters. The van der Waals surface area contributed by atoms with Crippen molar-refractivity contribution >= 4 is 11.6 Å². The molecular formula is C12H14N6O. The second-order valence-corrected chi connectivity index (χ2v) is 4.45. The van der Waals surface area contributed by atoms with E-state index in [2.05, 4.69) is 26.2 Å². The fraction of sp³-hybridized carbons (Fsp3) is 0.333. The van der Waals surface area contributed by atoms with Crippen LogP contribution >= 0.6 is 0 Å². The van der Waals surface area contributed by atoms with Crippen molar-refractivity contribution in [3.63, 3.8) is 0 Å². The molecule has 7 nitrogen and oxygen atoms in total. The van der Waals surface area contributed by atoms with E-state index in [4.69, 9.17) is 0 Å². The van der Waals surface area contributed by atoms with Gasteiger partial charge in [-0.05, 0) is 35.5 Å². The van der Waals surface area contributed by atoms with Crippen molar-refractivity contribution in [1.82, 2.24) is 25.5 Å². The van der Waals surface area contributed by atoms with Crippen LogP contribution in [0.1, 0.15) is 6.42 Å². The van der Waals surface area contributed by atoms with E-state index in [1.54, 1.807) is 0 Å². The molecule has 0 radical (unpaired) electrons. The number of aromatic nitrogens is 4. The number of nitrogens with one attached hydrogen (secondary N) is 2. The van der Waals surface area contributed by atoms with E-state index in [-0.39, 0.29) is 11.8 Å². The quantitative estimate of drug-likeness (QED) is 0.822. The van der Waals surface area contributed by atoms with Crippen LogP contribution in [0.2, 0.25) is 0 Å². The summed E-state index contributed by atoms with van der Waals surface area (Å²) in [4.78, 5) is 12.1. The molecular weight excluding hydrogens is 244 g/mol. The van der Waals surface area contributed by atoms with E-state index in [9.17, 15) is 4.79 Å². The number of anilines is 1. The van der Waals surface area contributed by atoms with Gasteiger partial charge in [0.2, 0.25) is 5.91 Å². The van der Waals surface area contributed by atoms with Gasteiger partial charge in [-0.15, -0.1) is 5.10 Å². The molecule has 98 valence electrons. The van der Waals surface area contributed by atoms with Crippen LogP contribution in [0.4, 0.5) is 5.69 Å². The molecule has 0 saturated carbocycles. The predicted molar refractivity (Wildman–Crippen MR) is 68.8 cm³/mol. The number of carbonyl (C=O) groups is 1. The fourth-order valence-corrected chi connectivity index (χ4v) is 2.16. The first kappa shape index (κ1) is 11.8. The Morgan fingerprint density at radius 1 is 1.42 bits per heavy atom. The highest BCUT2D eigenvalue weighted by atomic mass is 16.1. The Hall–Kier alpha value is -2.28. The molecule has 1 aliphatic heterocycles. The number of amides is 1. The number of hydrogen-bond acceptors (Lipinski definition) is 5. The summed E-state index contributed by atoms with van der Waals surface area (Å²) < 4.78 is 1.53. The standard InChI is InChI=1S/C12H14N6O/c19-12(9-5-6-13-7-9)15-10-3-1-2-4-11(10)18-8-14-16-17-18/h1-4,8-9,13H,5-7H2,(H,15,19). The van der Waals surface area contributed by atoms with E-state index in [0.29, 0.717) is 5.69 Å². The topological polar surface area (TPSA) is 84.7 Å². The van der Waals surface area contributed by atoms with Crippen LogP contribution in [-0.4, -0.2) is 39.2 Å². The molecule has 3 rings (SSSR count). The van der Waals surface area contributed by atoms with Crippen molar-refractivity contribution in [3.05, 3.63) is 30.6 Å². The summed E-state index contributed by atoms with van der Waals surface area (Å²) in [6.07, 6.45) is 2.38. The smallest absolute Gasteiger partial charge is 0.228 e. The third kappa shape index (κ3) is 2.45. The van der Waals surface area contributed by atoms with Gasteiger partial charge >= 0.3 is 0 Å². The molecule has 0 spiro atoms.